The lowest BCUT2D eigenvalue weighted by atomic mass is 9.82. The number of amides is 1. The van der Waals surface area contributed by atoms with Crippen LogP contribution >= 0.6 is 0 Å². The average molecular weight is 197 g/mol. The van der Waals surface area contributed by atoms with Crippen molar-refractivity contribution in [2.24, 2.45) is 11.8 Å². The van der Waals surface area contributed by atoms with Crippen LogP contribution in [0.5, 0.6) is 0 Å². The number of carboxylic acid groups (broad SMARTS) is 1. The minimum atomic E-state index is -0.780. The fourth-order valence-electron chi connectivity index (χ4n) is 1.91. The molecule has 1 heterocycles. The third-order valence-electron chi connectivity index (χ3n) is 3.27. The number of carboxylic acids is 1. The number of nitrogens with zero attached hydrogens (tertiary/aromatic N) is 1. The molecule has 4 nitrogen and oxygen atoms in total. The zero-order valence-electron chi connectivity index (χ0n) is 8.11. The van der Waals surface area contributed by atoms with Crippen LogP contribution < -0.4 is 0 Å². The minimum Gasteiger partial charge on any atom is -0.481 e. The molecular weight excluding hydrogens is 182 g/mol. The maximum atomic E-state index is 11.5. The van der Waals surface area contributed by atoms with Gasteiger partial charge in [0.15, 0.2) is 0 Å². The van der Waals surface area contributed by atoms with E-state index in [2.05, 4.69) is 0 Å². The Kier molecular flexibility index (Phi) is 2.44. The molecule has 0 aromatic carbocycles. The first-order valence-electron chi connectivity index (χ1n) is 5.17. The second kappa shape index (κ2) is 3.59. The van der Waals surface area contributed by atoms with Gasteiger partial charge in [-0.1, -0.05) is 6.42 Å². The molecule has 1 saturated carbocycles. The number of carbonyl (C=O) groups excluding carboxylic acids is 1. The van der Waals surface area contributed by atoms with Gasteiger partial charge in [0.25, 0.3) is 0 Å². The number of hydrogen-bond acceptors (Lipinski definition) is 2. The summed E-state index contributed by atoms with van der Waals surface area (Å²) in [5.41, 5.74) is 0. The van der Waals surface area contributed by atoms with Gasteiger partial charge in [0.1, 0.15) is 0 Å². The van der Waals surface area contributed by atoms with Crippen LogP contribution in [0, 0.1) is 11.8 Å². The number of aliphatic carboxylic acids is 1. The summed E-state index contributed by atoms with van der Waals surface area (Å²) in [6.45, 7) is 0.835. The van der Waals surface area contributed by atoms with Crippen molar-refractivity contribution in [2.45, 2.75) is 25.7 Å². The van der Waals surface area contributed by atoms with Gasteiger partial charge in [-0.2, -0.15) is 0 Å². The summed E-state index contributed by atoms with van der Waals surface area (Å²) in [4.78, 5) is 23.7. The third-order valence-corrected chi connectivity index (χ3v) is 3.27. The summed E-state index contributed by atoms with van der Waals surface area (Å²) in [7, 11) is 0. The van der Waals surface area contributed by atoms with Crippen molar-refractivity contribution < 1.29 is 14.7 Å². The Hall–Kier alpha value is -1.06. The van der Waals surface area contributed by atoms with E-state index in [4.69, 9.17) is 5.11 Å². The van der Waals surface area contributed by atoms with Crippen molar-refractivity contribution in [3.05, 3.63) is 0 Å². The van der Waals surface area contributed by atoms with Crippen LogP contribution in [0.4, 0.5) is 0 Å². The van der Waals surface area contributed by atoms with Crippen LogP contribution in [0.3, 0.4) is 0 Å². The molecule has 0 bridgehead atoms. The topological polar surface area (TPSA) is 57.6 Å². The Labute approximate surface area is 82.9 Å². The van der Waals surface area contributed by atoms with Crippen LogP contribution in [0.2, 0.25) is 0 Å². The van der Waals surface area contributed by atoms with Gasteiger partial charge in [0.2, 0.25) is 5.91 Å². The van der Waals surface area contributed by atoms with Crippen molar-refractivity contribution >= 4 is 11.9 Å². The highest BCUT2D eigenvalue weighted by molar-refractivity contribution is 5.81. The number of carbonyl (C=O) groups is 2. The monoisotopic (exact) mass is 197 g/mol. The molecule has 2 fully saturated rings. The molecule has 0 atom stereocenters. The molecule has 0 radical (unpaired) electrons. The molecule has 4 heteroatoms. The maximum Gasteiger partial charge on any atom is 0.310 e. The van der Waals surface area contributed by atoms with Crippen molar-refractivity contribution in [1.82, 2.24) is 4.90 Å². The van der Waals surface area contributed by atoms with Crippen molar-refractivity contribution in [3.8, 4) is 0 Å². The summed E-state index contributed by atoms with van der Waals surface area (Å²) >= 11 is 0. The first-order valence-corrected chi connectivity index (χ1v) is 5.17. The summed E-state index contributed by atoms with van der Waals surface area (Å²) < 4.78 is 0. The smallest absolute Gasteiger partial charge is 0.310 e. The Morgan fingerprint density at radius 3 is 2.36 bits per heavy atom. The molecule has 0 unspecified atom stereocenters. The van der Waals surface area contributed by atoms with Crippen LogP contribution in [-0.2, 0) is 9.59 Å². The lowest BCUT2D eigenvalue weighted by Gasteiger charge is -2.38. The van der Waals surface area contributed by atoms with E-state index >= 15 is 0 Å². The maximum absolute atomic E-state index is 11.5. The highest BCUT2D eigenvalue weighted by atomic mass is 16.4. The second-order valence-corrected chi connectivity index (χ2v) is 4.33. The highest BCUT2D eigenvalue weighted by Gasteiger charge is 2.36. The number of likely N-dealkylation sites (tertiary alicyclic amines) is 1. The molecule has 1 saturated heterocycles. The van der Waals surface area contributed by atoms with Crippen molar-refractivity contribution in [2.75, 3.05) is 13.1 Å². The standard InChI is InChI=1S/C10H15NO3/c12-9(4-7-2-1-3-7)11-5-8(6-11)10(13)14/h7-8H,1-6H2,(H,13,14). The second-order valence-electron chi connectivity index (χ2n) is 4.33. The first kappa shape index (κ1) is 9.49. The Balaban J connectivity index is 1.70. The predicted molar refractivity (Wildman–Crippen MR) is 49.7 cm³/mol. The van der Waals surface area contributed by atoms with Gasteiger partial charge in [-0.3, -0.25) is 9.59 Å². The van der Waals surface area contributed by atoms with E-state index < -0.39 is 5.97 Å². The van der Waals surface area contributed by atoms with Gasteiger partial charge >= 0.3 is 5.97 Å². The SMILES string of the molecule is O=C(O)C1CN(C(=O)CC2CCC2)C1. The van der Waals surface area contributed by atoms with Crippen molar-refractivity contribution in [3.63, 3.8) is 0 Å². The van der Waals surface area contributed by atoms with Gasteiger partial charge in [-0.15, -0.1) is 0 Å². The molecule has 1 aliphatic heterocycles. The molecule has 1 N–H and O–H groups in total. The molecule has 0 aromatic heterocycles. The Bertz CT molecular complexity index is 254. The van der Waals surface area contributed by atoms with Gasteiger partial charge in [0, 0.05) is 19.5 Å². The molecule has 0 spiro atoms. The van der Waals surface area contributed by atoms with Crippen molar-refractivity contribution in [1.29, 1.82) is 0 Å². The molecule has 0 aromatic rings. The molecule has 1 aliphatic carbocycles. The van der Waals surface area contributed by atoms with E-state index in [-0.39, 0.29) is 11.8 Å². The van der Waals surface area contributed by atoms with Gasteiger partial charge in [-0.05, 0) is 18.8 Å². The summed E-state index contributed by atoms with van der Waals surface area (Å²) in [6.07, 6.45) is 4.21. The normalized spacial score (nSPS) is 22.7. The van der Waals surface area contributed by atoms with Gasteiger partial charge < -0.3 is 10.0 Å². The molecule has 1 amide bonds. The molecule has 2 aliphatic rings. The van der Waals surface area contributed by atoms with Crippen LogP contribution in [-0.4, -0.2) is 35.0 Å². The van der Waals surface area contributed by atoms with E-state index in [1.807, 2.05) is 0 Å². The summed E-state index contributed by atoms with van der Waals surface area (Å²) in [6, 6.07) is 0. The highest BCUT2D eigenvalue weighted by Crippen LogP contribution is 2.30. The van der Waals surface area contributed by atoms with E-state index in [0.717, 1.165) is 0 Å². The van der Waals surface area contributed by atoms with E-state index in [1.54, 1.807) is 4.90 Å². The molecule has 14 heavy (non-hydrogen) atoms. The predicted octanol–water partition coefficient (Wildman–Crippen LogP) is 0.720. The van der Waals surface area contributed by atoms with Crippen LogP contribution in [0.1, 0.15) is 25.7 Å². The van der Waals surface area contributed by atoms with Crippen LogP contribution in [0.15, 0.2) is 0 Å². The number of hydrogen-bond donors (Lipinski definition) is 1. The summed E-state index contributed by atoms with van der Waals surface area (Å²) in [5.74, 6) is -0.378. The average Bonchev–Trinajstić information content (AvgIpc) is 1.93. The first-order chi connectivity index (χ1) is 6.66. The van der Waals surface area contributed by atoms with E-state index in [0.29, 0.717) is 25.4 Å². The van der Waals surface area contributed by atoms with Gasteiger partial charge in [0.05, 0.1) is 5.92 Å². The fraction of sp³-hybridized carbons (Fsp3) is 0.800. The molecule has 78 valence electrons. The zero-order chi connectivity index (χ0) is 10.1. The largest absolute Gasteiger partial charge is 0.481 e. The Morgan fingerprint density at radius 1 is 1.29 bits per heavy atom. The lowest BCUT2D eigenvalue weighted by Crippen LogP contribution is -2.53. The number of rotatable bonds is 3. The van der Waals surface area contributed by atoms with Crippen LogP contribution in [0.25, 0.3) is 0 Å². The Morgan fingerprint density at radius 2 is 1.93 bits per heavy atom. The van der Waals surface area contributed by atoms with E-state index in [9.17, 15) is 9.59 Å². The molecule has 2 rings (SSSR count). The van der Waals surface area contributed by atoms with Gasteiger partial charge in [-0.25, -0.2) is 0 Å². The third kappa shape index (κ3) is 1.74. The lowest BCUT2D eigenvalue weighted by molar-refractivity contribution is -0.153. The zero-order valence-corrected chi connectivity index (χ0v) is 8.11. The summed E-state index contributed by atoms with van der Waals surface area (Å²) in [5, 5.41) is 8.63. The van der Waals surface area contributed by atoms with E-state index in [1.165, 1.54) is 19.3 Å². The fourth-order valence-corrected chi connectivity index (χ4v) is 1.91. The molecular formula is C10H15NO3. The minimum absolute atomic E-state index is 0.146. The quantitative estimate of drug-likeness (QED) is 0.725.